The zero-order valence-corrected chi connectivity index (χ0v) is 16.7. The van der Waals surface area contributed by atoms with Crippen LogP contribution in [0, 0.1) is 5.92 Å². The first-order valence-electron chi connectivity index (χ1n) is 9.97. The minimum absolute atomic E-state index is 0.326. The molecule has 1 unspecified atom stereocenters. The van der Waals surface area contributed by atoms with Gasteiger partial charge in [0.1, 0.15) is 6.20 Å². The van der Waals surface area contributed by atoms with Gasteiger partial charge in [-0.1, -0.05) is 73.3 Å². The Bertz CT molecular complexity index is 823. The van der Waals surface area contributed by atoms with Crippen molar-refractivity contribution in [1.29, 1.82) is 0 Å². The fourth-order valence-corrected chi connectivity index (χ4v) is 3.29. The van der Waals surface area contributed by atoms with Crippen LogP contribution in [-0.4, -0.2) is 16.3 Å². The molecule has 0 aliphatic carbocycles. The molecular weight excluding hydrogens is 362 g/mol. The molecule has 1 atom stereocenters. The standard InChI is InChI=1S/C25H29NO3/c1-2-3-11-24(19-26-29)22-16-13-21(14-17-22)15-18-23(25(27)28)12-7-10-20-8-5-4-6-9-20/h2-6,8-9,11,13-14,16-17,19,23,26,29H,1,7,10,12,15,18H2,(H,27,28)/p+1/b11-3-,24-19+. The number of nitrogens with two attached hydrogens (primary N) is 1. The lowest BCUT2D eigenvalue weighted by atomic mass is 9.93. The van der Waals surface area contributed by atoms with E-state index in [0.29, 0.717) is 12.8 Å². The van der Waals surface area contributed by atoms with E-state index in [9.17, 15) is 9.90 Å². The monoisotopic (exact) mass is 392 g/mol. The molecule has 4 heteroatoms. The van der Waals surface area contributed by atoms with Gasteiger partial charge in [-0.3, -0.25) is 4.79 Å². The van der Waals surface area contributed by atoms with Gasteiger partial charge in [0.25, 0.3) is 0 Å². The minimum Gasteiger partial charge on any atom is -0.481 e. The zero-order valence-electron chi connectivity index (χ0n) is 16.7. The highest BCUT2D eigenvalue weighted by Gasteiger charge is 2.17. The smallest absolute Gasteiger partial charge is 0.306 e. The highest BCUT2D eigenvalue weighted by atomic mass is 16.5. The van der Waals surface area contributed by atoms with Crippen LogP contribution in [0.1, 0.15) is 36.0 Å². The Hall–Kier alpha value is -2.95. The molecule has 0 heterocycles. The van der Waals surface area contributed by atoms with Crippen LogP contribution in [0.3, 0.4) is 0 Å². The Kier molecular flexibility index (Phi) is 9.63. The number of aryl methyl sites for hydroxylation is 2. The number of allylic oxidation sites excluding steroid dienone is 4. The zero-order chi connectivity index (χ0) is 20.9. The number of carbonyl (C=O) groups is 1. The van der Waals surface area contributed by atoms with Gasteiger partial charge in [-0.05, 0) is 54.9 Å². The fraction of sp³-hybridized carbons (Fsp3) is 0.240. The summed E-state index contributed by atoms with van der Waals surface area (Å²) < 4.78 is 0. The maximum Gasteiger partial charge on any atom is 0.306 e. The Morgan fingerprint density at radius 2 is 1.69 bits per heavy atom. The molecule has 0 radical (unpaired) electrons. The van der Waals surface area contributed by atoms with Gasteiger partial charge in [0.05, 0.1) is 5.92 Å². The van der Waals surface area contributed by atoms with E-state index in [1.807, 2.05) is 54.6 Å². The van der Waals surface area contributed by atoms with Crippen LogP contribution < -0.4 is 5.48 Å². The van der Waals surface area contributed by atoms with E-state index in [0.717, 1.165) is 41.4 Å². The highest BCUT2D eigenvalue weighted by Crippen LogP contribution is 2.20. The van der Waals surface area contributed by atoms with Crippen molar-refractivity contribution < 1.29 is 20.6 Å². The summed E-state index contributed by atoms with van der Waals surface area (Å²) in [6, 6.07) is 18.2. The molecule has 0 bridgehead atoms. The molecule has 0 amide bonds. The lowest BCUT2D eigenvalue weighted by Crippen LogP contribution is -2.73. The molecule has 4 N–H and O–H groups in total. The van der Waals surface area contributed by atoms with E-state index in [1.165, 1.54) is 5.56 Å². The molecule has 152 valence electrons. The number of carboxylic acids is 1. The predicted octanol–water partition coefficient (Wildman–Crippen LogP) is 4.38. The highest BCUT2D eigenvalue weighted by molar-refractivity contribution is 5.73. The maximum absolute atomic E-state index is 11.6. The van der Waals surface area contributed by atoms with E-state index in [2.05, 4.69) is 18.7 Å². The summed E-state index contributed by atoms with van der Waals surface area (Å²) in [7, 11) is 0. The van der Waals surface area contributed by atoms with Crippen molar-refractivity contribution in [2.24, 2.45) is 5.92 Å². The molecular formula is C25H30NO3+. The summed E-state index contributed by atoms with van der Waals surface area (Å²) in [6.45, 7) is 3.66. The number of benzene rings is 2. The summed E-state index contributed by atoms with van der Waals surface area (Å²) >= 11 is 0. The van der Waals surface area contributed by atoms with Gasteiger partial charge in [0, 0.05) is 5.57 Å². The molecule has 0 aromatic heterocycles. The predicted molar refractivity (Wildman–Crippen MR) is 116 cm³/mol. The van der Waals surface area contributed by atoms with Gasteiger partial charge in [0.15, 0.2) is 0 Å². The summed E-state index contributed by atoms with van der Waals surface area (Å²) in [5.74, 6) is -1.04. The maximum atomic E-state index is 11.6. The van der Waals surface area contributed by atoms with E-state index < -0.39 is 5.97 Å². The molecule has 29 heavy (non-hydrogen) atoms. The van der Waals surface area contributed by atoms with E-state index in [1.54, 1.807) is 12.3 Å². The van der Waals surface area contributed by atoms with E-state index in [4.69, 9.17) is 5.21 Å². The normalized spacial score (nSPS) is 12.8. The number of hydrogen-bond acceptors (Lipinski definition) is 2. The van der Waals surface area contributed by atoms with Gasteiger partial charge >= 0.3 is 5.97 Å². The molecule has 2 aromatic carbocycles. The molecule has 0 aliphatic rings. The Labute approximate surface area is 172 Å². The molecule has 0 aliphatic heterocycles. The van der Waals surface area contributed by atoms with Crippen LogP contribution in [0.2, 0.25) is 0 Å². The third-order valence-electron chi connectivity index (χ3n) is 4.94. The SMILES string of the molecule is C=C/C=C\C(=C/[NH2+]O)c1ccc(CCC(CCCc2ccccc2)C(=O)O)cc1. The summed E-state index contributed by atoms with van der Waals surface area (Å²) in [4.78, 5) is 11.6. The van der Waals surface area contributed by atoms with Gasteiger partial charge < -0.3 is 5.11 Å². The van der Waals surface area contributed by atoms with Crippen molar-refractivity contribution >= 4 is 11.5 Å². The topological polar surface area (TPSA) is 74.1 Å². The second kappa shape index (κ2) is 12.5. The lowest BCUT2D eigenvalue weighted by Gasteiger charge is -2.12. The fourth-order valence-electron chi connectivity index (χ4n) is 3.29. The number of quaternary nitrogens is 1. The van der Waals surface area contributed by atoms with Gasteiger partial charge in [-0.15, -0.1) is 0 Å². The number of aliphatic carboxylic acids is 1. The second-order valence-corrected chi connectivity index (χ2v) is 7.01. The van der Waals surface area contributed by atoms with Crippen LogP contribution in [0.4, 0.5) is 0 Å². The van der Waals surface area contributed by atoms with Crippen molar-refractivity contribution in [3.8, 4) is 0 Å². The van der Waals surface area contributed by atoms with Crippen molar-refractivity contribution in [3.63, 3.8) is 0 Å². The van der Waals surface area contributed by atoms with Crippen molar-refractivity contribution in [3.05, 3.63) is 102 Å². The second-order valence-electron chi connectivity index (χ2n) is 7.01. The van der Waals surface area contributed by atoms with Crippen molar-refractivity contribution in [2.75, 3.05) is 0 Å². The Morgan fingerprint density at radius 3 is 2.31 bits per heavy atom. The first-order valence-corrected chi connectivity index (χ1v) is 9.97. The lowest BCUT2D eigenvalue weighted by molar-refractivity contribution is -0.837. The van der Waals surface area contributed by atoms with Crippen LogP contribution in [0.5, 0.6) is 0 Å². The van der Waals surface area contributed by atoms with Crippen LogP contribution in [-0.2, 0) is 17.6 Å². The summed E-state index contributed by atoms with van der Waals surface area (Å²) in [6.07, 6.45) is 10.8. The third-order valence-corrected chi connectivity index (χ3v) is 4.94. The van der Waals surface area contributed by atoms with Crippen molar-refractivity contribution in [2.45, 2.75) is 32.1 Å². The average Bonchev–Trinajstić information content (AvgIpc) is 2.74. The Morgan fingerprint density at radius 1 is 1.00 bits per heavy atom. The van der Waals surface area contributed by atoms with Crippen LogP contribution in [0.15, 0.2) is 85.6 Å². The van der Waals surface area contributed by atoms with Crippen molar-refractivity contribution in [1.82, 2.24) is 0 Å². The summed E-state index contributed by atoms with van der Waals surface area (Å²) in [5.41, 5.74) is 5.24. The van der Waals surface area contributed by atoms with Gasteiger partial charge in [0.2, 0.25) is 0 Å². The van der Waals surface area contributed by atoms with E-state index >= 15 is 0 Å². The Balaban J connectivity index is 1.90. The molecule has 2 rings (SSSR count). The van der Waals surface area contributed by atoms with Gasteiger partial charge in [-0.25, -0.2) is 5.21 Å². The first-order chi connectivity index (χ1) is 14.1. The third kappa shape index (κ3) is 7.90. The largest absolute Gasteiger partial charge is 0.481 e. The number of rotatable bonds is 12. The molecule has 4 nitrogen and oxygen atoms in total. The molecule has 2 aromatic rings. The first kappa shape index (κ1) is 22.3. The minimum atomic E-state index is -0.715. The molecule has 0 spiro atoms. The average molecular weight is 393 g/mol. The van der Waals surface area contributed by atoms with Crippen LogP contribution in [0.25, 0.3) is 5.57 Å². The van der Waals surface area contributed by atoms with Gasteiger partial charge in [-0.2, -0.15) is 5.48 Å². The molecule has 0 fully saturated rings. The van der Waals surface area contributed by atoms with E-state index in [-0.39, 0.29) is 5.92 Å². The molecule has 0 saturated heterocycles. The number of carboxylic acid groups (broad SMARTS) is 1. The van der Waals surface area contributed by atoms with Crippen LogP contribution >= 0.6 is 0 Å². The quantitative estimate of drug-likeness (QED) is 0.371. The molecule has 0 saturated carbocycles. The number of hydrogen-bond donors (Lipinski definition) is 3. The summed E-state index contributed by atoms with van der Waals surface area (Å²) in [5, 5.41) is 18.6. The number of hydroxylamine groups is 1.